The molecule has 14 heteroatoms. The Bertz CT molecular complexity index is 1130. The van der Waals surface area contributed by atoms with Crippen LogP contribution in [0.3, 0.4) is 0 Å². The van der Waals surface area contributed by atoms with Crippen LogP contribution in [-0.2, 0) is 9.47 Å². The van der Waals surface area contributed by atoms with E-state index in [9.17, 15) is 22.8 Å². The van der Waals surface area contributed by atoms with E-state index in [4.69, 9.17) is 9.47 Å². The summed E-state index contributed by atoms with van der Waals surface area (Å²) < 4.78 is 54.6. The van der Waals surface area contributed by atoms with Crippen molar-refractivity contribution in [3.8, 4) is 5.88 Å². The molecule has 2 amide bonds. The predicted octanol–water partition coefficient (Wildman–Crippen LogP) is 3.49. The summed E-state index contributed by atoms with van der Waals surface area (Å²) in [5.74, 6) is 0.0150. The van der Waals surface area contributed by atoms with Crippen molar-refractivity contribution in [1.82, 2.24) is 25.3 Å². The Labute approximate surface area is 204 Å². The molecule has 3 heterocycles. The van der Waals surface area contributed by atoms with Gasteiger partial charge in [-0.1, -0.05) is 0 Å². The molecule has 1 aliphatic heterocycles. The minimum absolute atomic E-state index is 0.0204. The lowest BCUT2D eigenvalue weighted by molar-refractivity contribution is -0.154. The number of amides is 2. The molecule has 36 heavy (non-hydrogen) atoms. The number of carbonyl (C=O) groups is 2. The highest BCUT2D eigenvalue weighted by atomic mass is 19.4. The molecule has 2 atom stereocenters. The third-order valence-electron chi connectivity index (χ3n) is 6.64. The first-order valence-corrected chi connectivity index (χ1v) is 11.7. The Morgan fingerprint density at radius 1 is 1.31 bits per heavy atom. The molecule has 3 saturated carbocycles. The van der Waals surface area contributed by atoms with Gasteiger partial charge in [0.2, 0.25) is 5.88 Å². The van der Waals surface area contributed by atoms with Gasteiger partial charge in [0.25, 0.3) is 5.91 Å². The number of hydrogen-bond donors (Lipinski definition) is 3. The molecule has 2 aromatic heterocycles. The molecule has 0 radical (unpaired) electrons. The van der Waals surface area contributed by atoms with E-state index in [1.54, 1.807) is 19.9 Å². The number of aromatic amines is 1. The van der Waals surface area contributed by atoms with Gasteiger partial charge in [0, 0.05) is 30.1 Å². The Kier molecular flexibility index (Phi) is 6.09. The number of rotatable bonds is 8. The van der Waals surface area contributed by atoms with E-state index in [0.717, 1.165) is 31.2 Å². The summed E-state index contributed by atoms with van der Waals surface area (Å²) in [4.78, 5) is 25.0. The summed E-state index contributed by atoms with van der Waals surface area (Å²) in [6.45, 7) is 2.19. The number of hydrogen-bond acceptors (Lipinski definition) is 7. The SMILES string of the molecule is CC(C)n1nc(OCC(F)(F)F)cc1C(=O)Nc1cc([C@@H]2C[C@H](OC(=O)NC34CC(C3)C4)CO2)[nH]n1. The maximum atomic E-state index is 12.8. The van der Waals surface area contributed by atoms with Crippen molar-refractivity contribution in [3.05, 3.63) is 23.5 Å². The quantitative estimate of drug-likeness (QED) is 0.493. The molecule has 1 saturated heterocycles. The molecule has 0 spiro atoms. The molecule has 196 valence electrons. The molecule has 2 bridgehead atoms. The van der Waals surface area contributed by atoms with E-state index < -0.39 is 37.0 Å². The van der Waals surface area contributed by atoms with Crippen molar-refractivity contribution < 1.29 is 37.0 Å². The van der Waals surface area contributed by atoms with Crippen LogP contribution < -0.4 is 15.4 Å². The van der Waals surface area contributed by atoms with Crippen LogP contribution in [0, 0.1) is 5.92 Å². The molecule has 4 aliphatic rings. The number of aromatic nitrogens is 4. The minimum Gasteiger partial charge on any atom is -0.467 e. The second-order valence-corrected chi connectivity index (χ2v) is 9.94. The van der Waals surface area contributed by atoms with Crippen molar-refractivity contribution in [3.63, 3.8) is 0 Å². The molecular weight excluding hydrogens is 485 g/mol. The standard InChI is InChI=1S/C22H27F3N6O5/c1-11(2)31-15(5-18(30-31)35-10-22(23,24)25)19(32)26-17-4-14(28-29-17)16-3-13(9-34-16)36-20(33)27-21-6-12(7-21)8-21/h4-5,11-13,16H,3,6-10H2,1-2H3,(H,27,33)(H2,26,28,29,32)/t12?,13-,16-,21?/m0/s1. The van der Waals surface area contributed by atoms with E-state index in [0.29, 0.717) is 12.1 Å². The Morgan fingerprint density at radius 3 is 2.69 bits per heavy atom. The number of ether oxygens (including phenoxy) is 3. The molecule has 3 aliphatic carbocycles. The largest absolute Gasteiger partial charge is 0.467 e. The zero-order chi connectivity index (χ0) is 25.7. The summed E-state index contributed by atoms with van der Waals surface area (Å²) in [5, 5.41) is 16.4. The summed E-state index contributed by atoms with van der Waals surface area (Å²) >= 11 is 0. The van der Waals surface area contributed by atoms with Crippen molar-refractivity contribution in [1.29, 1.82) is 0 Å². The average Bonchev–Trinajstić information content (AvgIpc) is 3.47. The van der Waals surface area contributed by atoms with Gasteiger partial charge in [-0.3, -0.25) is 14.6 Å². The molecule has 6 rings (SSSR count). The monoisotopic (exact) mass is 512 g/mol. The Morgan fingerprint density at radius 2 is 2.06 bits per heavy atom. The van der Waals surface area contributed by atoms with Gasteiger partial charge in [-0.25, -0.2) is 4.79 Å². The zero-order valence-electron chi connectivity index (χ0n) is 19.7. The van der Waals surface area contributed by atoms with Crippen molar-refractivity contribution in [2.45, 2.75) is 69.5 Å². The van der Waals surface area contributed by atoms with Gasteiger partial charge in [-0.15, -0.1) is 5.10 Å². The van der Waals surface area contributed by atoms with E-state index in [1.807, 2.05) is 0 Å². The number of alkyl carbamates (subject to hydrolysis) is 1. The molecular formula is C22H27F3N6O5. The molecule has 3 N–H and O–H groups in total. The number of nitrogens with zero attached hydrogens (tertiary/aromatic N) is 3. The van der Waals surface area contributed by atoms with Crippen LogP contribution in [0.25, 0.3) is 0 Å². The van der Waals surface area contributed by atoms with Gasteiger partial charge in [-0.05, 0) is 39.0 Å². The third-order valence-corrected chi connectivity index (χ3v) is 6.64. The zero-order valence-corrected chi connectivity index (χ0v) is 19.7. The van der Waals surface area contributed by atoms with Crippen LogP contribution >= 0.6 is 0 Å². The third kappa shape index (κ3) is 5.13. The van der Waals surface area contributed by atoms with E-state index in [2.05, 4.69) is 30.7 Å². The summed E-state index contributed by atoms with van der Waals surface area (Å²) in [6.07, 6.45) is -2.27. The number of halogens is 3. The topological polar surface area (TPSA) is 132 Å². The first-order chi connectivity index (χ1) is 17.0. The molecule has 11 nitrogen and oxygen atoms in total. The van der Waals surface area contributed by atoms with Gasteiger partial charge in [-0.2, -0.15) is 18.3 Å². The number of anilines is 1. The maximum absolute atomic E-state index is 12.8. The van der Waals surface area contributed by atoms with Crippen LogP contribution in [0.4, 0.5) is 23.8 Å². The highest BCUT2D eigenvalue weighted by molar-refractivity contribution is 6.02. The number of carbonyl (C=O) groups excluding carboxylic acids is 2. The Hall–Kier alpha value is -3.29. The van der Waals surface area contributed by atoms with Crippen molar-refractivity contribution >= 4 is 17.8 Å². The lowest BCUT2D eigenvalue weighted by Gasteiger charge is -2.61. The van der Waals surface area contributed by atoms with Crippen molar-refractivity contribution in [2.75, 3.05) is 18.5 Å². The predicted molar refractivity (Wildman–Crippen MR) is 117 cm³/mol. The fraction of sp³-hybridized carbons (Fsp3) is 0.636. The number of H-pyrrole nitrogens is 1. The smallest absolute Gasteiger partial charge is 0.422 e. The second kappa shape index (κ2) is 8.98. The number of alkyl halides is 3. The fourth-order valence-electron chi connectivity index (χ4n) is 4.83. The van der Waals surface area contributed by atoms with Gasteiger partial charge in [0.15, 0.2) is 12.4 Å². The van der Waals surface area contributed by atoms with Gasteiger partial charge < -0.3 is 24.8 Å². The normalized spacial score (nSPS) is 26.8. The highest BCUT2D eigenvalue weighted by Gasteiger charge is 2.57. The van der Waals surface area contributed by atoms with Crippen molar-refractivity contribution in [2.24, 2.45) is 5.92 Å². The van der Waals surface area contributed by atoms with Gasteiger partial charge in [0.05, 0.1) is 12.3 Å². The molecule has 4 fully saturated rings. The van der Waals surface area contributed by atoms with E-state index in [-0.39, 0.29) is 35.6 Å². The van der Waals surface area contributed by atoms with E-state index in [1.165, 1.54) is 4.68 Å². The number of nitrogens with one attached hydrogen (secondary N) is 3. The summed E-state index contributed by atoms with van der Waals surface area (Å²) in [6, 6.07) is 2.43. The van der Waals surface area contributed by atoms with Crippen LogP contribution in [0.5, 0.6) is 5.88 Å². The first kappa shape index (κ1) is 24.4. The second-order valence-electron chi connectivity index (χ2n) is 9.94. The fourth-order valence-corrected chi connectivity index (χ4v) is 4.83. The summed E-state index contributed by atoms with van der Waals surface area (Å²) in [7, 11) is 0. The van der Waals surface area contributed by atoms with Crippen LogP contribution in [0.1, 0.15) is 67.9 Å². The van der Waals surface area contributed by atoms with Crippen LogP contribution in [0.15, 0.2) is 12.1 Å². The molecule has 2 aromatic rings. The summed E-state index contributed by atoms with van der Waals surface area (Å²) in [5.41, 5.74) is 0.544. The van der Waals surface area contributed by atoms with Gasteiger partial charge in [0.1, 0.15) is 17.9 Å². The first-order valence-electron chi connectivity index (χ1n) is 11.7. The van der Waals surface area contributed by atoms with E-state index >= 15 is 0 Å². The average molecular weight is 512 g/mol. The highest BCUT2D eigenvalue weighted by Crippen LogP contribution is 2.56. The lowest BCUT2D eigenvalue weighted by atomic mass is 9.50. The maximum Gasteiger partial charge on any atom is 0.422 e. The minimum atomic E-state index is -4.53. The van der Waals surface area contributed by atoms with Gasteiger partial charge >= 0.3 is 12.3 Å². The van der Waals surface area contributed by atoms with Crippen LogP contribution in [0.2, 0.25) is 0 Å². The molecule has 0 unspecified atom stereocenters. The van der Waals surface area contributed by atoms with Crippen LogP contribution in [-0.4, -0.2) is 63.0 Å². The molecule has 0 aromatic carbocycles. The Balaban J connectivity index is 1.16. The lowest BCUT2D eigenvalue weighted by Crippen LogP contribution is -2.68.